The normalized spacial score (nSPS) is 12.7. The van der Waals surface area contributed by atoms with Gasteiger partial charge < -0.3 is 26.0 Å². The number of halogens is 1. The van der Waals surface area contributed by atoms with Crippen molar-refractivity contribution < 1.29 is 23.9 Å². The second-order valence-electron chi connectivity index (χ2n) is 9.89. The number of ether oxygens (including phenoxy) is 1. The van der Waals surface area contributed by atoms with Crippen molar-refractivity contribution >= 4 is 41.1 Å². The molecule has 200 valence electrons. The number of primary amides is 1. The maximum atomic E-state index is 13.6. The average Bonchev–Trinajstić information content (AvgIpc) is 2.78. The highest BCUT2D eigenvalue weighted by Crippen LogP contribution is 2.29. The number of para-hydroxylation sites is 1. The number of nitrogens with zero attached hydrogens (tertiary/aromatic N) is 1. The summed E-state index contributed by atoms with van der Waals surface area (Å²) < 4.78 is 5.29. The Balaban J connectivity index is 2.42. The first-order chi connectivity index (χ1) is 17.2. The quantitative estimate of drug-likeness (QED) is 0.446. The third-order valence-electron chi connectivity index (χ3n) is 5.51. The maximum Gasteiger partial charge on any atom is 0.408 e. The molecule has 2 atom stereocenters. The van der Waals surface area contributed by atoms with Gasteiger partial charge in [-0.1, -0.05) is 53.6 Å². The molecule has 2 aromatic rings. The average molecular weight is 531 g/mol. The van der Waals surface area contributed by atoms with E-state index in [0.717, 1.165) is 11.1 Å². The minimum absolute atomic E-state index is 0.0659. The number of rotatable bonds is 9. The second-order valence-corrected chi connectivity index (χ2v) is 10.3. The topological polar surface area (TPSA) is 131 Å². The van der Waals surface area contributed by atoms with Gasteiger partial charge in [0.25, 0.3) is 5.91 Å². The van der Waals surface area contributed by atoms with Gasteiger partial charge >= 0.3 is 6.09 Å². The van der Waals surface area contributed by atoms with Crippen LogP contribution in [0, 0.1) is 13.8 Å². The number of carbonyl (C=O) groups excluding carboxylic acids is 4. The fourth-order valence-electron chi connectivity index (χ4n) is 3.65. The Labute approximate surface area is 222 Å². The van der Waals surface area contributed by atoms with Gasteiger partial charge in [0.15, 0.2) is 0 Å². The van der Waals surface area contributed by atoms with Gasteiger partial charge in [0.05, 0.1) is 10.7 Å². The van der Waals surface area contributed by atoms with Crippen LogP contribution in [0.2, 0.25) is 5.02 Å². The highest BCUT2D eigenvalue weighted by molar-refractivity contribution is 6.34. The zero-order chi connectivity index (χ0) is 27.9. The van der Waals surface area contributed by atoms with Crippen LogP contribution in [0.3, 0.4) is 0 Å². The van der Waals surface area contributed by atoms with Crippen molar-refractivity contribution in [3.63, 3.8) is 0 Å². The molecule has 0 aliphatic rings. The molecular weight excluding hydrogens is 496 g/mol. The minimum atomic E-state index is -1.16. The SMILES string of the molecule is Cc1ccc(C(C(=O)Nc2c(C)cccc2Cl)N(C)C(=O)C(CCC(N)=O)NC(=O)OC(C)(C)C)cc1. The van der Waals surface area contributed by atoms with Gasteiger partial charge in [-0.3, -0.25) is 14.4 Å². The summed E-state index contributed by atoms with van der Waals surface area (Å²) in [6, 6.07) is 10.2. The highest BCUT2D eigenvalue weighted by Gasteiger charge is 2.34. The van der Waals surface area contributed by atoms with E-state index in [1.165, 1.54) is 11.9 Å². The first-order valence-corrected chi connectivity index (χ1v) is 12.2. The second kappa shape index (κ2) is 12.6. The van der Waals surface area contributed by atoms with Crippen molar-refractivity contribution in [3.8, 4) is 0 Å². The fourth-order valence-corrected chi connectivity index (χ4v) is 3.92. The largest absolute Gasteiger partial charge is 0.444 e. The van der Waals surface area contributed by atoms with E-state index in [-0.39, 0.29) is 12.8 Å². The molecule has 0 saturated heterocycles. The van der Waals surface area contributed by atoms with E-state index in [9.17, 15) is 19.2 Å². The molecule has 37 heavy (non-hydrogen) atoms. The zero-order valence-corrected chi connectivity index (χ0v) is 22.8. The van der Waals surface area contributed by atoms with E-state index < -0.39 is 41.5 Å². The summed E-state index contributed by atoms with van der Waals surface area (Å²) in [5, 5.41) is 5.71. The van der Waals surface area contributed by atoms with Crippen LogP contribution >= 0.6 is 11.6 Å². The van der Waals surface area contributed by atoms with Crippen LogP contribution in [0.1, 0.15) is 56.3 Å². The molecule has 0 saturated carbocycles. The van der Waals surface area contributed by atoms with Crippen LogP contribution in [0.5, 0.6) is 0 Å². The Hall–Kier alpha value is -3.59. The van der Waals surface area contributed by atoms with E-state index >= 15 is 0 Å². The van der Waals surface area contributed by atoms with Crippen molar-refractivity contribution in [2.45, 2.75) is 65.1 Å². The fraction of sp³-hybridized carbons (Fsp3) is 0.407. The Morgan fingerprint density at radius 3 is 2.22 bits per heavy atom. The number of aryl methyl sites for hydroxylation is 2. The minimum Gasteiger partial charge on any atom is -0.444 e. The molecule has 2 rings (SSSR count). The number of anilines is 1. The van der Waals surface area contributed by atoms with E-state index in [1.54, 1.807) is 45.0 Å². The predicted molar refractivity (Wildman–Crippen MR) is 143 cm³/mol. The molecule has 4 amide bonds. The lowest BCUT2D eigenvalue weighted by Crippen LogP contribution is -2.51. The molecule has 0 bridgehead atoms. The lowest BCUT2D eigenvalue weighted by molar-refractivity contribution is -0.139. The highest BCUT2D eigenvalue weighted by atomic mass is 35.5. The van der Waals surface area contributed by atoms with Gasteiger partial charge in [0.2, 0.25) is 11.8 Å². The number of amides is 4. The summed E-state index contributed by atoms with van der Waals surface area (Å²) in [5.74, 6) is -1.72. The number of benzene rings is 2. The molecule has 0 spiro atoms. The van der Waals surface area contributed by atoms with Crippen LogP contribution in [0.4, 0.5) is 10.5 Å². The van der Waals surface area contributed by atoms with Gasteiger partial charge in [0, 0.05) is 13.5 Å². The summed E-state index contributed by atoms with van der Waals surface area (Å²) in [6.07, 6.45) is -1.05. The lowest BCUT2D eigenvalue weighted by Gasteiger charge is -2.32. The first kappa shape index (κ1) is 29.6. The van der Waals surface area contributed by atoms with E-state index in [0.29, 0.717) is 16.3 Å². The lowest BCUT2D eigenvalue weighted by atomic mass is 10.0. The van der Waals surface area contributed by atoms with Gasteiger partial charge in [-0.05, 0) is 58.2 Å². The number of alkyl carbamates (subject to hydrolysis) is 1. The molecular formula is C27H35ClN4O5. The molecule has 0 radical (unpaired) electrons. The number of hydrogen-bond donors (Lipinski definition) is 3. The van der Waals surface area contributed by atoms with Crippen molar-refractivity contribution in [2.75, 3.05) is 12.4 Å². The smallest absolute Gasteiger partial charge is 0.408 e. The molecule has 10 heteroatoms. The van der Waals surface area contributed by atoms with E-state index in [2.05, 4.69) is 10.6 Å². The Morgan fingerprint density at radius 1 is 1.05 bits per heavy atom. The molecule has 0 aliphatic carbocycles. The third-order valence-corrected chi connectivity index (χ3v) is 5.83. The van der Waals surface area contributed by atoms with Crippen LogP contribution < -0.4 is 16.4 Å². The Morgan fingerprint density at radius 2 is 1.68 bits per heavy atom. The monoisotopic (exact) mass is 530 g/mol. The number of nitrogens with one attached hydrogen (secondary N) is 2. The Kier molecular flexibility index (Phi) is 10.1. The molecule has 4 N–H and O–H groups in total. The van der Waals surface area contributed by atoms with Crippen LogP contribution in [-0.2, 0) is 19.1 Å². The molecule has 0 fully saturated rings. The summed E-state index contributed by atoms with van der Waals surface area (Å²) >= 11 is 6.32. The van der Waals surface area contributed by atoms with E-state index in [4.69, 9.17) is 22.1 Å². The van der Waals surface area contributed by atoms with Crippen LogP contribution in [-0.4, -0.2) is 47.4 Å². The van der Waals surface area contributed by atoms with E-state index in [1.807, 2.05) is 32.0 Å². The number of likely N-dealkylation sites (N-methyl/N-ethyl adjacent to an activating group) is 1. The van der Waals surface area contributed by atoms with Crippen molar-refractivity contribution in [1.82, 2.24) is 10.2 Å². The summed E-state index contributed by atoms with van der Waals surface area (Å²) in [5.41, 5.74) is 7.21. The number of carbonyl (C=O) groups is 4. The molecule has 2 aromatic carbocycles. The van der Waals surface area contributed by atoms with Crippen LogP contribution in [0.15, 0.2) is 42.5 Å². The predicted octanol–water partition coefficient (Wildman–Crippen LogP) is 4.25. The third kappa shape index (κ3) is 8.78. The molecule has 9 nitrogen and oxygen atoms in total. The van der Waals surface area contributed by atoms with Gasteiger partial charge in [0.1, 0.15) is 17.7 Å². The van der Waals surface area contributed by atoms with Crippen molar-refractivity contribution in [2.24, 2.45) is 5.73 Å². The van der Waals surface area contributed by atoms with Crippen molar-refractivity contribution in [3.05, 3.63) is 64.2 Å². The Bertz CT molecular complexity index is 1120. The summed E-state index contributed by atoms with van der Waals surface area (Å²) in [6.45, 7) is 8.78. The van der Waals surface area contributed by atoms with Crippen LogP contribution in [0.25, 0.3) is 0 Å². The number of nitrogens with two attached hydrogens (primary N) is 1. The van der Waals surface area contributed by atoms with Crippen molar-refractivity contribution in [1.29, 1.82) is 0 Å². The summed E-state index contributed by atoms with van der Waals surface area (Å²) in [4.78, 5) is 52.4. The van der Waals surface area contributed by atoms with Gasteiger partial charge in [-0.2, -0.15) is 0 Å². The zero-order valence-electron chi connectivity index (χ0n) is 22.1. The molecule has 0 aliphatic heterocycles. The maximum absolute atomic E-state index is 13.6. The standard InChI is InChI=1S/C27H35ClN4O5/c1-16-10-12-18(13-11-16)23(24(34)31-22-17(2)8-7-9-19(22)28)32(6)25(35)20(14-15-21(29)33)30-26(36)37-27(3,4)5/h7-13,20,23H,14-15H2,1-6H3,(H2,29,33)(H,30,36)(H,31,34). The summed E-state index contributed by atoms with van der Waals surface area (Å²) in [7, 11) is 1.46. The van der Waals surface area contributed by atoms with Gasteiger partial charge in [-0.15, -0.1) is 0 Å². The molecule has 2 unspecified atom stereocenters. The molecule has 0 aromatic heterocycles. The first-order valence-electron chi connectivity index (χ1n) is 11.9. The molecule has 0 heterocycles. The number of hydrogen-bond acceptors (Lipinski definition) is 5. The van der Waals surface area contributed by atoms with Gasteiger partial charge in [-0.25, -0.2) is 4.79 Å².